The third-order valence-electron chi connectivity index (χ3n) is 4.83. The summed E-state index contributed by atoms with van der Waals surface area (Å²) in [5, 5.41) is 8.16. The zero-order valence-corrected chi connectivity index (χ0v) is 17.1. The second-order valence-corrected chi connectivity index (χ2v) is 6.97. The molecule has 0 bridgehead atoms. The van der Waals surface area contributed by atoms with Gasteiger partial charge in [-0.1, -0.05) is 59.3 Å². The zero-order chi connectivity index (χ0) is 21.1. The average molecular weight is 402 g/mol. The quantitative estimate of drug-likeness (QED) is 0.468. The highest BCUT2D eigenvalue weighted by Crippen LogP contribution is 2.32. The molecule has 0 fully saturated rings. The number of carbonyl (C=O) groups is 1. The van der Waals surface area contributed by atoms with E-state index in [2.05, 4.69) is 20.4 Å². The molecule has 0 spiro atoms. The first-order valence-electron chi connectivity index (χ1n) is 9.76. The molecule has 4 rings (SSSR count). The summed E-state index contributed by atoms with van der Waals surface area (Å²) in [6, 6.07) is 16.0. The van der Waals surface area contributed by atoms with Crippen LogP contribution in [0, 0.1) is 13.8 Å². The maximum atomic E-state index is 12.2. The summed E-state index contributed by atoms with van der Waals surface area (Å²) < 4.78 is 10.5. The number of rotatable bonds is 6. The van der Waals surface area contributed by atoms with E-state index in [-0.39, 0.29) is 18.1 Å². The molecule has 0 amide bonds. The Morgan fingerprint density at radius 3 is 2.57 bits per heavy atom. The number of nitrogens with one attached hydrogen (secondary N) is 1. The summed E-state index contributed by atoms with van der Waals surface area (Å²) in [6.07, 6.45) is 0. The first-order chi connectivity index (χ1) is 14.6. The molecule has 0 atom stereocenters. The van der Waals surface area contributed by atoms with Crippen LogP contribution in [0.4, 0.5) is 5.82 Å². The molecular formula is C23H22N4O3. The number of fused-ring (bicyclic) bond motifs is 1. The van der Waals surface area contributed by atoms with E-state index in [9.17, 15) is 4.79 Å². The van der Waals surface area contributed by atoms with Gasteiger partial charge in [0.1, 0.15) is 16.9 Å². The molecule has 152 valence electrons. The summed E-state index contributed by atoms with van der Waals surface area (Å²) >= 11 is 0. The van der Waals surface area contributed by atoms with Crippen molar-refractivity contribution in [2.75, 3.05) is 11.9 Å². The van der Waals surface area contributed by atoms with Crippen LogP contribution in [-0.4, -0.2) is 27.7 Å². The molecule has 2 aromatic heterocycles. The number of carbonyl (C=O) groups excluding carboxylic acids is 1. The van der Waals surface area contributed by atoms with Crippen LogP contribution < -0.4 is 5.32 Å². The van der Waals surface area contributed by atoms with E-state index >= 15 is 0 Å². The van der Waals surface area contributed by atoms with Crippen molar-refractivity contribution in [3.8, 4) is 11.3 Å². The van der Waals surface area contributed by atoms with Crippen LogP contribution in [-0.2, 0) is 11.3 Å². The predicted octanol–water partition coefficient (Wildman–Crippen LogP) is 4.69. The predicted molar refractivity (Wildman–Crippen MR) is 114 cm³/mol. The monoisotopic (exact) mass is 402 g/mol. The van der Waals surface area contributed by atoms with Crippen molar-refractivity contribution in [3.63, 3.8) is 0 Å². The molecule has 0 radical (unpaired) electrons. The number of ether oxygens (including phenoxy) is 1. The van der Waals surface area contributed by atoms with Crippen LogP contribution in [0.2, 0.25) is 0 Å². The smallest absolute Gasteiger partial charge is 0.376 e. The van der Waals surface area contributed by atoms with E-state index in [4.69, 9.17) is 9.26 Å². The fourth-order valence-electron chi connectivity index (χ4n) is 3.16. The minimum absolute atomic E-state index is 0.0664. The van der Waals surface area contributed by atoms with E-state index in [1.165, 1.54) is 0 Å². The van der Waals surface area contributed by atoms with E-state index in [1.54, 1.807) is 6.92 Å². The van der Waals surface area contributed by atoms with Gasteiger partial charge in [0.25, 0.3) is 5.71 Å². The van der Waals surface area contributed by atoms with Gasteiger partial charge >= 0.3 is 5.97 Å². The molecule has 0 aliphatic heterocycles. The Hall–Kier alpha value is -3.74. The Labute approximate surface area is 174 Å². The largest absolute Gasteiger partial charge is 0.460 e. The van der Waals surface area contributed by atoms with Crippen molar-refractivity contribution in [3.05, 3.63) is 71.0 Å². The first kappa shape index (κ1) is 19.6. The molecule has 2 heterocycles. The lowest BCUT2D eigenvalue weighted by Gasteiger charge is -2.10. The summed E-state index contributed by atoms with van der Waals surface area (Å²) in [4.78, 5) is 20.9. The summed E-state index contributed by atoms with van der Waals surface area (Å²) in [7, 11) is 0. The van der Waals surface area contributed by atoms with Gasteiger partial charge in [0.05, 0.1) is 6.61 Å². The van der Waals surface area contributed by atoms with E-state index in [0.717, 1.165) is 22.3 Å². The minimum Gasteiger partial charge on any atom is -0.460 e. The molecule has 2 aromatic carbocycles. The van der Waals surface area contributed by atoms with Crippen LogP contribution in [0.1, 0.15) is 34.2 Å². The highest BCUT2D eigenvalue weighted by Gasteiger charge is 2.22. The topological polar surface area (TPSA) is 90.1 Å². The van der Waals surface area contributed by atoms with Gasteiger partial charge in [-0.3, -0.25) is 0 Å². The Morgan fingerprint density at radius 1 is 1.07 bits per heavy atom. The number of hydrogen-bond donors (Lipinski definition) is 1. The molecule has 0 unspecified atom stereocenters. The molecular weight excluding hydrogens is 380 g/mol. The van der Waals surface area contributed by atoms with Gasteiger partial charge in [0.2, 0.25) is 5.82 Å². The number of benzene rings is 2. The fraction of sp³-hybridized carbons (Fsp3) is 0.217. The number of esters is 1. The third kappa shape index (κ3) is 3.87. The fourth-order valence-corrected chi connectivity index (χ4v) is 3.16. The van der Waals surface area contributed by atoms with Crippen LogP contribution in [0.25, 0.3) is 22.4 Å². The molecule has 1 N–H and O–H groups in total. The second-order valence-electron chi connectivity index (χ2n) is 6.97. The maximum Gasteiger partial charge on any atom is 0.376 e. The number of anilines is 1. The standard InChI is InChI=1S/C23H22N4O3/c1-4-29-23(28)21-25-20(24-13-17-8-6-5-7-15(17)3)18-19(27-30-22(18)26-21)16-11-9-14(2)10-12-16/h5-12H,4,13H2,1-3H3,(H,24,25,26). The maximum absolute atomic E-state index is 12.2. The average Bonchev–Trinajstić information content (AvgIpc) is 3.18. The van der Waals surface area contributed by atoms with Gasteiger partial charge in [0, 0.05) is 12.1 Å². The van der Waals surface area contributed by atoms with Crippen molar-refractivity contribution in [2.45, 2.75) is 27.3 Å². The van der Waals surface area contributed by atoms with Crippen LogP contribution in [0.15, 0.2) is 53.1 Å². The van der Waals surface area contributed by atoms with Crippen molar-refractivity contribution in [2.24, 2.45) is 0 Å². The Bertz CT molecular complexity index is 1200. The molecule has 0 saturated heterocycles. The lowest BCUT2D eigenvalue weighted by atomic mass is 10.1. The molecule has 0 aliphatic rings. The Morgan fingerprint density at radius 2 is 1.83 bits per heavy atom. The van der Waals surface area contributed by atoms with Gasteiger partial charge in [-0.05, 0) is 31.9 Å². The minimum atomic E-state index is -0.605. The van der Waals surface area contributed by atoms with Crippen LogP contribution in [0.3, 0.4) is 0 Å². The van der Waals surface area contributed by atoms with E-state index in [1.807, 2.05) is 62.4 Å². The van der Waals surface area contributed by atoms with Gasteiger partial charge in [0.15, 0.2) is 0 Å². The van der Waals surface area contributed by atoms with Gasteiger partial charge in [-0.25, -0.2) is 9.78 Å². The molecule has 30 heavy (non-hydrogen) atoms. The molecule has 0 aliphatic carbocycles. The van der Waals surface area contributed by atoms with Crippen molar-refractivity contribution in [1.82, 2.24) is 15.1 Å². The Balaban J connectivity index is 1.80. The summed E-state index contributed by atoms with van der Waals surface area (Å²) in [5.41, 5.74) is 5.15. The first-order valence-corrected chi connectivity index (χ1v) is 9.76. The van der Waals surface area contributed by atoms with Crippen LogP contribution in [0.5, 0.6) is 0 Å². The highest BCUT2D eigenvalue weighted by molar-refractivity contribution is 5.99. The molecule has 7 nitrogen and oxygen atoms in total. The summed E-state index contributed by atoms with van der Waals surface area (Å²) in [6.45, 7) is 6.57. The van der Waals surface area contributed by atoms with Gasteiger partial charge in [-0.15, -0.1) is 0 Å². The SMILES string of the molecule is CCOC(=O)c1nc(NCc2ccccc2C)c2c(-c3ccc(C)cc3)noc2n1. The lowest BCUT2D eigenvalue weighted by molar-refractivity contribution is 0.0512. The number of nitrogens with zero attached hydrogens (tertiary/aromatic N) is 3. The molecule has 7 heteroatoms. The zero-order valence-electron chi connectivity index (χ0n) is 17.1. The Kier molecular flexibility index (Phi) is 5.43. The van der Waals surface area contributed by atoms with Gasteiger partial charge in [-0.2, -0.15) is 4.98 Å². The second kappa shape index (κ2) is 8.32. The van der Waals surface area contributed by atoms with E-state index < -0.39 is 5.97 Å². The normalized spacial score (nSPS) is 10.9. The van der Waals surface area contributed by atoms with Crippen molar-refractivity contribution in [1.29, 1.82) is 0 Å². The highest BCUT2D eigenvalue weighted by atomic mass is 16.5. The van der Waals surface area contributed by atoms with Crippen molar-refractivity contribution >= 4 is 22.9 Å². The third-order valence-corrected chi connectivity index (χ3v) is 4.83. The number of aryl methyl sites for hydroxylation is 2. The van der Waals surface area contributed by atoms with Crippen molar-refractivity contribution < 1.29 is 14.1 Å². The van der Waals surface area contributed by atoms with Gasteiger partial charge < -0.3 is 14.6 Å². The van der Waals surface area contributed by atoms with E-state index in [0.29, 0.717) is 23.4 Å². The lowest BCUT2D eigenvalue weighted by Crippen LogP contribution is -2.12. The number of aromatic nitrogens is 3. The number of hydrogen-bond acceptors (Lipinski definition) is 7. The molecule has 4 aromatic rings. The summed E-state index contributed by atoms with van der Waals surface area (Å²) in [5.74, 6) is -0.196. The van der Waals surface area contributed by atoms with Crippen LogP contribution >= 0.6 is 0 Å². The molecule has 0 saturated carbocycles.